The molecule has 308 valence electrons. The van der Waals surface area contributed by atoms with E-state index >= 15 is 0 Å². The summed E-state index contributed by atoms with van der Waals surface area (Å²) in [6.45, 7) is 4.47. The van der Waals surface area contributed by atoms with Gasteiger partial charge in [-0.15, -0.1) is 0 Å². The molecule has 9 aromatic carbocycles. The molecule has 9 aromatic rings. The number of rotatable bonds is 7. The van der Waals surface area contributed by atoms with Crippen molar-refractivity contribution in [1.29, 1.82) is 0 Å². The van der Waals surface area contributed by atoms with Crippen LogP contribution < -0.4 is 4.90 Å². The summed E-state index contributed by atoms with van der Waals surface area (Å²) >= 11 is 0. The van der Waals surface area contributed by atoms with E-state index in [1.54, 1.807) is 0 Å². The minimum atomic E-state index is -0.455. The lowest BCUT2D eigenvalue weighted by molar-refractivity contribution is 0.443. The van der Waals surface area contributed by atoms with E-state index in [2.05, 4.69) is 225 Å². The molecule has 1 fully saturated rings. The smallest absolute Gasteiger partial charge is 0.0726 e. The molecule has 3 aliphatic carbocycles. The second-order valence-electron chi connectivity index (χ2n) is 18.4. The van der Waals surface area contributed by atoms with Crippen LogP contribution in [0.3, 0.4) is 0 Å². The zero-order valence-corrected chi connectivity index (χ0v) is 36.7. The van der Waals surface area contributed by atoms with Gasteiger partial charge in [0.05, 0.1) is 11.1 Å². The van der Waals surface area contributed by atoms with Crippen LogP contribution in [0.5, 0.6) is 0 Å². The van der Waals surface area contributed by atoms with E-state index in [0.29, 0.717) is 5.92 Å². The average Bonchev–Trinajstić information content (AvgIpc) is 3.81. The van der Waals surface area contributed by atoms with E-state index in [-0.39, 0.29) is 0 Å². The van der Waals surface area contributed by atoms with Crippen molar-refractivity contribution in [2.75, 3.05) is 4.90 Å². The van der Waals surface area contributed by atoms with Gasteiger partial charge in [0.2, 0.25) is 0 Å². The van der Waals surface area contributed by atoms with Crippen LogP contribution in [0, 0.1) is 13.8 Å². The normalized spacial score (nSPS) is 14.5. The molecule has 0 unspecified atom stereocenters. The maximum absolute atomic E-state index is 2.52. The predicted octanol–water partition coefficient (Wildman–Crippen LogP) is 17.2. The molecule has 1 spiro atoms. The number of nitrogens with zero attached hydrogens (tertiary/aromatic N) is 1. The molecule has 3 aliphatic rings. The van der Waals surface area contributed by atoms with Gasteiger partial charge in [-0.05, 0) is 141 Å². The third kappa shape index (κ3) is 6.13. The monoisotopic (exact) mass is 821 g/mol. The van der Waals surface area contributed by atoms with Crippen LogP contribution in [-0.4, -0.2) is 0 Å². The van der Waals surface area contributed by atoms with Gasteiger partial charge >= 0.3 is 0 Å². The highest BCUT2D eigenvalue weighted by Crippen LogP contribution is 2.63. The van der Waals surface area contributed by atoms with Gasteiger partial charge in [0.1, 0.15) is 0 Å². The van der Waals surface area contributed by atoms with Crippen LogP contribution in [0.2, 0.25) is 0 Å². The van der Waals surface area contributed by atoms with E-state index in [4.69, 9.17) is 0 Å². The Balaban J connectivity index is 1.06. The summed E-state index contributed by atoms with van der Waals surface area (Å²) in [5.74, 6) is 0.698. The van der Waals surface area contributed by atoms with Crippen molar-refractivity contribution < 1.29 is 0 Å². The molecule has 0 aromatic heterocycles. The molecular formula is C63H51N. The number of fused-ring (bicyclic) bond motifs is 10. The third-order valence-electron chi connectivity index (χ3n) is 14.6. The highest BCUT2D eigenvalue weighted by Gasteiger charge is 2.52. The summed E-state index contributed by atoms with van der Waals surface area (Å²) in [4.78, 5) is 2.51. The molecule has 1 saturated carbocycles. The van der Waals surface area contributed by atoms with Crippen molar-refractivity contribution in [2.24, 2.45) is 0 Å². The number of hydrogen-bond donors (Lipinski definition) is 0. The molecule has 64 heavy (non-hydrogen) atoms. The Morgan fingerprint density at radius 1 is 0.359 bits per heavy atom. The topological polar surface area (TPSA) is 3.24 Å². The van der Waals surface area contributed by atoms with Crippen LogP contribution in [0.25, 0.3) is 55.6 Å². The van der Waals surface area contributed by atoms with E-state index in [0.717, 1.165) is 17.1 Å². The van der Waals surface area contributed by atoms with Crippen molar-refractivity contribution in [3.8, 4) is 55.6 Å². The maximum Gasteiger partial charge on any atom is 0.0726 e. The maximum atomic E-state index is 2.52. The van der Waals surface area contributed by atoms with Crippen LogP contribution in [-0.2, 0) is 5.41 Å². The van der Waals surface area contributed by atoms with Gasteiger partial charge in [-0.25, -0.2) is 0 Å². The van der Waals surface area contributed by atoms with Gasteiger partial charge in [-0.1, -0.05) is 206 Å². The Morgan fingerprint density at radius 2 is 0.859 bits per heavy atom. The molecule has 0 aliphatic heterocycles. The van der Waals surface area contributed by atoms with Gasteiger partial charge in [-0.2, -0.15) is 0 Å². The molecular weight excluding hydrogens is 771 g/mol. The fourth-order valence-electron chi connectivity index (χ4n) is 11.6. The SMILES string of the molecule is Cc1ccc2c(c1)C1(c3ccccc3-c3ccc(N(c4ccc(-c5ccc(C6CCCCC6)cc5)cc4)c4ccccc4-c4ccccc4-c4ccccc4)cc31)c1cc(C)ccc1-2. The molecule has 0 radical (unpaired) electrons. The Hall–Kier alpha value is -7.22. The Bertz CT molecular complexity index is 3150. The molecule has 1 heteroatoms. The van der Waals surface area contributed by atoms with E-state index < -0.39 is 5.41 Å². The summed E-state index contributed by atoms with van der Waals surface area (Å²) in [5.41, 5.74) is 25.0. The average molecular weight is 822 g/mol. The van der Waals surface area contributed by atoms with Gasteiger partial charge in [0.15, 0.2) is 0 Å². The first-order valence-corrected chi connectivity index (χ1v) is 23.3. The van der Waals surface area contributed by atoms with Gasteiger partial charge in [-0.3, -0.25) is 0 Å². The molecule has 0 amide bonds. The van der Waals surface area contributed by atoms with Crippen molar-refractivity contribution in [2.45, 2.75) is 57.3 Å². The number of hydrogen-bond acceptors (Lipinski definition) is 1. The molecule has 0 saturated heterocycles. The zero-order valence-electron chi connectivity index (χ0n) is 36.7. The summed E-state index contributed by atoms with van der Waals surface area (Å²) in [7, 11) is 0. The zero-order chi connectivity index (χ0) is 42.8. The lowest BCUT2D eigenvalue weighted by Crippen LogP contribution is -2.26. The Labute approximate surface area is 378 Å². The molecule has 0 heterocycles. The molecule has 0 bridgehead atoms. The summed E-state index contributed by atoms with van der Waals surface area (Å²) in [5, 5.41) is 0. The minimum absolute atomic E-state index is 0.455. The third-order valence-corrected chi connectivity index (χ3v) is 14.6. The van der Waals surface area contributed by atoms with Crippen molar-refractivity contribution in [3.63, 3.8) is 0 Å². The number of anilines is 3. The fraction of sp³-hybridized carbons (Fsp3) is 0.143. The molecule has 0 N–H and O–H groups in total. The highest BCUT2D eigenvalue weighted by molar-refractivity contribution is 5.98. The lowest BCUT2D eigenvalue weighted by atomic mass is 9.70. The summed E-state index contributed by atoms with van der Waals surface area (Å²) < 4.78 is 0. The first kappa shape index (κ1) is 38.5. The largest absolute Gasteiger partial charge is 0.310 e. The second kappa shape index (κ2) is 15.5. The highest BCUT2D eigenvalue weighted by atomic mass is 15.1. The number of aryl methyl sites for hydroxylation is 2. The fourth-order valence-corrected chi connectivity index (χ4v) is 11.6. The van der Waals surface area contributed by atoms with Crippen LogP contribution in [0.15, 0.2) is 206 Å². The van der Waals surface area contributed by atoms with E-state index in [9.17, 15) is 0 Å². The lowest BCUT2D eigenvalue weighted by Gasteiger charge is -2.33. The van der Waals surface area contributed by atoms with Crippen LogP contribution in [0.1, 0.15) is 77.0 Å². The standard InChI is InChI=1S/C63H51N/c1-42-25-36-54-55-37-26-43(2)40-60(55)63(59(54)39-42)58-23-13-11-21-53(58)56-38-35-50(41-61(56)63)64(49-33-31-47(32-34-49)46-29-27-45(28-30-46)44-15-5-3-6-16-44)62-24-14-12-22-57(62)52-20-10-9-19-51(52)48-17-7-4-8-18-48/h4,7-14,17-41,44H,3,5-6,15-16H2,1-2H3. The van der Waals surface area contributed by atoms with E-state index in [1.807, 2.05) is 0 Å². The summed E-state index contributed by atoms with van der Waals surface area (Å²) in [6.07, 6.45) is 6.71. The van der Waals surface area contributed by atoms with Gasteiger partial charge in [0, 0.05) is 16.9 Å². The summed E-state index contributed by atoms with van der Waals surface area (Å²) in [6, 6.07) is 78.0. The van der Waals surface area contributed by atoms with Gasteiger partial charge < -0.3 is 4.90 Å². The quantitative estimate of drug-likeness (QED) is 0.155. The first-order valence-electron chi connectivity index (χ1n) is 23.3. The number of para-hydroxylation sites is 1. The van der Waals surface area contributed by atoms with Crippen LogP contribution in [0.4, 0.5) is 17.1 Å². The van der Waals surface area contributed by atoms with E-state index in [1.165, 1.54) is 127 Å². The van der Waals surface area contributed by atoms with Gasteiger partial charge in [0.25, 0.3) is 0 Å². The number of benzene rings is 9. The predicted molar refractivity (Wildman–Crippen MR) is 269 cm³/mol. The Kier molecular flexibility index (Phi) is 9.34. The Morgan fingerprint density at radius 3 is 1.53 bits per heavy atom. The first-order chi connectivity index (χ1) is 31.6. The van der Waals surface area contributed by atoms with Crippen molar-refractivity contribution in [3.05, 3.63) is 245 Å². The van der Waals surface area contributed by atoms with Crippen molar-refractivity contribution in [1.82, 2.24) is 0 Å². The second-order valence-corrected chi connectivity index (χ2v) is 18.4. The van der Waals surface area contributed by atoms with Crippen LogP contribution >= 0.6 is 0 Å². The molecule has 12 rings (SSSR count). The molecule has 0 atom stereocenters. The van der Waals surface area contributed by atoms with Crippen molar-refractivity contribution >= 4 is 17.1 Å². The minimum Gasteiger partial charge on any atom is -0.310 e. The molecule has 1 nitrogen and oxygen atoms in total.